The molecule has 0 atom stereocenters. The van der Waals surface area contributed by atoms with E-state index in [0.717, 1.165) is 19.3 Å². The van der Waals surface area contributed by atoms with Crippen molar-refractivity contribution in [3.63, 3.8) is 0 Å². The molecule has 0 fully saturated rings. The molecule has 0 saturated carbocycles. The molecule has 0 saturated heterocycles. The second-order valence-corrected chi connectivity index (χ2v) is 7.10. The van der Waals surface area contributed by atoms with Crippen molar-refractivity contribution >= 4 is 23.7 Å². The van der Waals surface area contributed by atoms with E-state index in [1.807, 2.05) is 20.8 Å². The normalized spacial score (nSPS) is 11.5. The molecule has 0 unspecified atom stereocenters. The Bertz CT molecular complexity index is 570. The van der Waals surface area contributed by atoms with Gasteiger partial charge in [0.05, 0.1) is 31.8 Å². The van der Waals surface area contributed by atoms with E-state index in [2.05, 4.69) is 0 Å². The molecule has 0 aromatic carbocycles. The van der Waals surface area contributed by atoms with Gasteiger partial charge in [0.15, 0.2) is 5.78 Å². The molecule has 8 heteroatoms. The van der Waals surface area contributed by atoms with Crippen molar-refractivity contribution in [2.75, 3.05) is 33.5 Å². The van der Waals surface area contributed by atoms with E-state index in [1.165, 1.54) is 7.11 Å². The third kappa shape index (κ3) is 12.9. The second-order valence-electron chi connectivity index (χ2n) is 7.10. The summed E-state index contributed by atoms with van der Waals surface area (Å²) in [5.41, 5.74) is -0.734. The lowest BCUT2D eigenvalue weighted by molar-refractivity contribution is -0.147. The zero-order chi connectivity index (χ0) is 23.5. The maximum atomic E-state index is 12.8. The molecule has 0 aliphatic rings. The van der Waals surface area contributed by atoms with Crippen LogP contribution in [0.1, 0.15) is 78.6 Å². The van der Waals surface area contributed by atoms with Crippen LogP contribution >= 0.6 is 0 Å². The highest BCUT2D eigenvalue weighted by atomic mass is 16.5. The average Bonchev–Trinajstić information content (AvgIpc) is 2.74. The number of carbonyl (C=O) groups is 4. The minimum Gasteiger partial charge on any atom is -0.465 e. The van der Waals surface area contributed by atoms with Gasteiger partial charge in [-0.1, -0.05) is 40.0 Å². The molecule has 8 nitrogen and oxygen atoms in total. The smallest absolute Gasteiger partial charge is 0.342 e. The number of ketones is 1. The van der Waals surface area contributed by atoms with Gasteiger partial charge < -0.3 is 18.9 Å². The van der Waals surface area contributed by atoms with Gasteiger partial charge in [-0.2, -0.15) is 0 Å². The minimum absolute atomic E-state index is 0.0251. The number of ether oxygens (including phenoxy) is 4. The van der Waals surface area contributed by atoms with Crippen LogP contribution in [0.5, 0.6) is 0 Å². The summed E-state index contributed by atoms with van der Waals surface area (Å²) in [6.45, 7) is 6.58. The van der Waals surface area contributed by atoms with Crippen LogP contribution in [0.3, 0.4) is 0 Å². The maximum absolute atomic E-state index is 12.8. The van der Waals surface area contributed by atoms with Crippen LogP contribution in [0, 0.1) is 0 Å². The zero-order valence-electron chi connectivity index (χ0n) is 19.5. The SMILES string of the molecule is CCCCOC(=O)C/C(C(=O)OCCCC)=C(\C(=O)CCCOC)C(=O)OCCCC. The fourth-order valence-corrected chi connectivity index (χ4v) is 2.47. The number of unbranched alkanes of at least 4 members (excludes halogenated alkanes) is 3. The van der Waals surface area contributed by atoms with Gasteiger partial charge >= 0.3 is 17.9 Å². The molecule has 0 aliphatic carbocycles. The zero-order valence-corrected chi connectivity index (χ0v) is 19.5. The molecule has 0 heterocycles. The number of rotatable bonds is 18. The maximum Gasteiger partial charge on any atom is 0.342 e. The average molecular weight is 443 g/mol. The molecule has 0 aliphatic heterocycles. The van der Waals surface area contributed by atoms with Gasteiger partial charge in [-0.05, 0) is 25.7 Å². The van der Waals surface area contributed by atoms with Crippen LogP contribution in [-0.2, 0) is 38.1 Å². The molecule has 31 heavy (non-hydrogen) atoms. The van der Waals surface area contributed by atoms with E-state index >= 15 is 0 Å². The predicted octanol–water partition coefficient (Wildman–Crippen LogP) is 3.70. The van der Waals surface area contributed by atoms with Crippen LogP contribution < -0.4 is 0 Å². The van der Waals surface area contributed by atoms with E-state index in [9.17, 15) is 19.2 Å². The first-order valence-corrected chi connectivity index (χ1v) is 11.2. The van der Waals surface area contributed by atoms with Gasteiger partial charge in [0.25, 0.3) is 0 Å². The fourth-order valence-electron chi connectivity index (χ4n) is 2.47. The Morgan fingerprint density at radius 2 is 1.16 bits per heavy atom. The fraction of sp³-hybridized carbons (Fsp3) is 0.739. The van der Waals surface area contributed by atoms with Crippen molar-refractivity contribution < 1.29 is 38.1 Å². The summed E-state index contributed by atoms with van der Waals surface area (Å²) in [5.74, 6) is -3.06. The Kier molecular flexibility index (Phi) is 17.2. The lowest BCUT2D eigenvalue weighted by Gasteiger charge is -2.14. The summed E-state index contributed by atoms with van der Waals surface area (Å²) in [7, 11) is 1.50. The number of hydrogen-bond acceptors (Lipinski definition) is 8. The monoisotopic (exact) mass is 442 g/mol. The Morgan fingerprint density at radius 3 is 1.68 bits per heavy atom. The quantitative estimate of drug-likeness (QED) is 0.0790. The molecular weight excluding hydrogens is 404 g/mol. The van der Waals surface area contributed by atoms with E-state index in [4.69, 9.17) is 18.9 Å². The Labute approximate surface area is 185 Å². The molecule has 0 aromatic rings. The molecule has 0 radical (unpaired) electrons. The number of carbonyl (C=O) groups excluding carboxylic acids is 4. The van der Waals surface area contributed by atoms with Crippen molar-refractivity contribution in [3.05, 3.63) is 11.1 Å². The van der Waals surface area contributed by atoms with Gasteiger partial charge in [-0.3, -0.25) is 9.59 Å². The molecule has 0 spiro atoms. The first-order chi connectivity index (χ1) is 14.9. The summed E-state index contributed by atoms with van der Waals surface area (Å²) >= 11 is 0. The largest absolute Gasteiger partial charge is 0.465 e. The van der Waals surface area contributed by atoms with E-state index in [1.54, 1.807) is 0 Å². The number of Topliss-reactive ketones (excluding diaryl/α,β-unsaturated/α-hetero) is 1. The highest BCUT2D eigenvalue weighted by Crippen LogP contribution is 2.18. The molecule has 0 N–H and O–H groups in total. The van der Waals surface area contributed by atoms with Gasteiger partial charge in [-0.25, -0.2) is 9.59 Å². The third-order valence-electron chi connectivity index (χ3n) is 4.33. The van der Waals surface area contributed by atoms with Crippen LogP contribution in [0.2, 0.25) is 0 Å². The standard InChI is InChI=1S/C23H38O8/c1-5-8-14-29-20(25)17-18(22(26)30-15-9-6-2)21(19(24)12-11-13-28-4)23(27)31-16-10-7-3/h5-17H2,1-4H3/b21-18-. The first kappa shape index (κ1) is 28.8. The third-order valence-corrected chi connectivity index (χ3v) is 4.33. The Hall–Kier alpha value is -2.22. The van der Waals surface area contributed by atoms with E-state index < -0.39 is 35.7 Å². The van der Waals surface area contributed by atoms with Crippen LogP contribution in [-0.4, -0.2) is 57.2 Å². The molecular formula is C23H38O8. The van der Waals surface area contributed by atoms with E-state index in [-0.39, 0.29) is 31.8 Å². The lowest BCUT2D eigenvalue weighted by atomic mass is 9.98. The minimum atomic E-state index is -0.917. The highest BCUT2D eigenvalue weighted by Gasteiger charge is 2.30. The van der Waals surface area contributed by atoms with Gasteiger partial charge in [-0.15, -0.1) is 0 Å². The van der Waals surface area contributed by atoms with E-state index in [0.29, 0.717) is 32.3 Å². The first-order valence-electron chi connectivity index (χ1n) is 11.2. The molecule has 0 rings (SSSR count). The lowest BCUT2D eigenvalue weighted by Crippen LogP contribution is -2.25. The van der Waals surface area contributed by atoms with Crippen molar-refractivity contribution in [1.29, 1.82) is 0 Å². The van der Waals surface area contributed by atoms with Crippen LogP contribution in [0.25, 0.3) is 0 Å². The summed E-state index contributed by atoms with van der Waals surface area (Å²) in [6, 6.07) is 0. The summed E-state index contributed by atoms with van der Waals surface area (Å²) in [6.07, 6.45) is 4.16. The van der Waals surface area contributed by atoms with Crippen LogP contribution in [0.4, 0.5) is 0 Å². The van der Waals surface area contributed by atoms with Crippen molar-refractivity contribution in [3.8, 4) is 0 Å². The molecule has 178 valence electrons. The van der Waals surface area contributed by atoms with Crippen molar-refractivity contribution in [2.45, 2.75) is 78.6 Å². The van der Waals surface area contributed by atoms with Crippen LogP contribution in [0.15, 0.2) is 11.1 Å². The predicted molar refractivity (Wildman–Crippen MR) is 115 cm³/mol. The van der Waals surface area contributed by atoms with Gasteiger partial charge in [0.2, 0.25) is 0 Å². The molecule has 0 amide bonds. The molecule has 0 bridgehead atoms. The number of esters is 3. The van der Waals surface area contributed by atoms with Gasteiger partial charge in [0, 0.05) is 20.1 Å². The van der Waals surface area contributed by atoms with Crippen molar-refractivity contribution in [2.24, 2.45) is 0 Å². The number of methoxy groups -OCH3 is 1. The van der Waals surface area contributed by atoms with Gasteiger partial charge in [0.1, 0.15) is 5.57 Å². The molecule has 0 aromatic heterocycles. The van der Waals surface area contributed by atoms with Crippen molar-refractivity contribution in [1.82, 2.24) is 0 Å². The Balaban J connectivity index is 5.85. The highest BCUT2D eigenvalue weighted by molar-refractivity contribution is 6.22. The summed E-state index contributed by atoms with van der Waals surface area (Å²) < 4.78 is 20.5. The topological polar surface area (TPSA) is 105 Å². The summed E-state index contributed by atoms with van der Waals surface area (Å²) in [4.78, 5) is 50.6. The number of hydrogen-bond donors (Lipinski definition) is 0. The summed E-state index contributed by atoms with van der Waals surface area (Å²) in [5, 5.41) is 0. The Morgan fingerprint density at radius 1 is 0.645 bits per heavy atom. The second kappa shape index (κ2) is 18.5.